The SMILES string of the molecule is C[C@@H](CN1CCC2(CC1)OC(=O)NN=C2c1ccc(F)cc1Cl)NC(=O)c1cc(Cl)no1. The fourth-order valence-corrected chi connectivity index (χ4v) is 4.35. The summed E-state index contributed by atoms with van der Waals surface area (Å²) in [5.74, 6) is -0.830. The van der Waals surface area contributed by atoms with Crippen molar-refractivity contribution in [3.8, 4) is 0 Å². The summed E-state index contributed by atoms with van der Waals surface area (Å²) < 4.78 is 24.1. The number of piperidine rings is 1. The minimum Gasteiger partial charge on any atom is -0.435 e. The number of hydrogen-bond acceptors (Lipinski definition) is 7. The molecule has 9 nitrogen and oxygen atoms in total. The molecule has 1 aromatic carbocycles. The summed E-state index contributed by atoms with van der Waals surface area (Å²) in [6, 6.07) is 5.18. The molecule has 0 saturated carbocycles. The van der Waals surface area contributed by atoms with E-state index in [0.29, 0.717) is 43.8 Å². The van der Waals surface area contributed by atoms with Crippen molar-refractivity contribution < 1.29 is 23.2 Å². The maximum atomic E-state index is 13.5. The Balaban J connectivity index is 1.41. The molecule has 1 aromatic heterocycles. The second kappa shape index (κ2) is 9.05. The van der Waals surface area contributed by atoms with Gasteiger partial charge < -0.3 is 19.5 Å². The number of hydrazone groups is 1. The zero-order valence-electron chi connectivity index (χ0n) is 17.0. The number of benzene rings is 1. The molecule has 2 aromatic rings. The number of amides is 2. The van der Waals surface area contributed by atoms with Crippen LogP contribution < -0.4 is 10.7 Å². The van der Waals surface area contributed by atoms with Gasteiger partial charge in [-0.15, -0.1) is 0 Å². The Morgan fingerprint density at radius 3 is 2.75 bits per heavy atom. The largest absolute Gasteiger partial charge is 0.435 e. The highest BCUT2D eigenvalue weighted by Gasteiger charge is 2.46. The van der Waals surface area contributed by atoms with Crippen LogP contribution in [0.5, 0.6) is 0 Å². The van der Waals surface area contributed by atoms with E-state index in [-0.39, 0.29) is 22.0 Å². The Labute approximate surface area is 192 Å². The van der Waals surface area contributed by atoms with Crippen LogP contribution in [-0.4, -0.2) is 59.0 Å². The number of rotatable bonds is 5. The summed E-state index contributed by atoms with van der Waals surface area (Å²) in [4.78, 5) is 26.3. The van der Waals surface area contributed by atoms with Gasteiger partial charge in [-0.05, 0) is 25.1 Å². The molecule has 0 bridgehead atoms. The molecule has 0 aliphatic carbocycles. The smallest absolute Gasteiger partial charge is 0.428 e. The minimum absolute atomic E-state index is 0.0399. The van der Waals surface area contributed by atoms with Crippen molar-refractivity contribution in [1.29, 1.82) is 0 Å². The summed E-state index contributed by atoms with van der Waals surface area (Å²) in [6.07, 6.45) is 0.281. The molecule has 32 heavy (non-hydrogen) atoms. The maximum absolute atomic E-state index is 13.5. The Hall–Kier alpha value is -2.69. The monoisotopic (exact) mass is 483 g/mol. The Morgan fingerprint density at radius 2 is 2.09 bits per heavy atom. The van der Waals surface area contributed by atoms with Gasteiger partial charge in [-0.1, -0.05) is 28.4 Å². The third-order valence-corrected chi connectivity index (χ3v) is 5.93. The summed E-state index contributed by atoms with van der Waals surface area (Å²) >= 11 is 11.9. The van der Waals surface area contributed by atoms with Crippen LogP contribution in [0.4, 0.5) is 9.18 Å². The molecule has 170 valence electrons. The first-order valence-electron chi connectivity index (χ1n) is 9.94. The molecular weight excluding hydrogens is 464 g/mol. The van der Waals surface area contributed by atoms with E-state index in [2.05, 4.69) is 25.9 Å². The lowest BCUT2D eigenvalue weighted by Gasteiger charge is -2.43. The number of hydrogen-bond donors (Lipinski definition) is 2. The minimum atomic E-state index is -0.969. The van der Waals surface area contributed by atoms with Gasteiger partial charge in [0.05, 0.1) is 5.02 Å². The maximum Gasteiger partial charge on any atom is 0.428 e. The van der Waals surface area contributed by atoms with Crippen LogP contribution in [0, 0.1) is 5.82 Å². The molecular formula is C20H20Cl2FN5O4. The average molecular weight is 484 g/mol. The molecule has 1 fully saturated rings. The number of carbonyl (C=O) groups excluding carboxylic acids is 2. The van der Waals surface area contributed by atoms with Gasteiger partial charge in [0.2, 0.25) is 5.76 Å². The van der Waals surface area contributed by atoms with E-state index in [1.165, 1.54) is 24.3 Å². The zero-order valence-corrected chi connectivity index (χ0v) is 18.5. The van der Waals surface area contributed by atoms with E-state index < -0.39 is 23.4 Å². The topological polar surface area (TPSA) is 109 Å². The zero-order chi connectivity index (χ0) is 22.9. The molecule has 1 atom stereocenters. The number of nitrogens with zero attached hydrogens (tertiary/aromatic N) is 3. The molecule has 1 saturated heterocycles. The molecule has 12 heteroatoms. The molecule has 2 amide bonds. The van der Waals surface area contributed by atoms with Gasteiger partial charge in [-0.2, -0.15) is 5.10 Å². The Morgan fingerprint density at radius 1 is 1.34 bits per heavy atom. The summed E-state index contributed by atoms with van der Waals surface area (Å²) in [5, 5.41) is 10.8. The van der Waals surface area contributed by atoms with E-state index >= 15 is 0 Å². The van der Waals surface area contributed by atoms with Crippen molar-refractivity contribution >= 4 is 40.9 Å². The average Bonchev–Trinajstić information content (AvgIpc) is 3.17. The molecule has 4 rings (SSSR count). The van der Waals surface area contributed by atoms with Crippen LogP contribution in [0.2, 0.25) is 10.2 Å². The molecule has 2 aliphatic heterocycles. The fraction of sp³-hybridized carbons (Fsp3) is 0.400. The number of aromatic nitrogens is 1. The highest BCUT2D eigenvalue weighted by molar-refractivity contribution is 6.35. The molecule has 2 aliphatic rings. The van der Waals surface area contributed by atoms with Crippen molar-refractivity contribution in [1.82, 2.24) is 20.8 Å². The van der Waals surface area contributed by atoms with Crippen LogP contribution in [0.15, 0.2) is 33.9 Å². The van der Waals surface area contributed by atoms with E-state index in [9.17, 15) is 14.0 Å². The van der Waals surface area contributed by atoms with E-state index in [1.807, 2.05) is 6.92 Å². The second-order valence-corrected chi connectivity index (χ2v) is 8.56. The van der Waals surface area contributed by atoms with Crippen LogP contribution in [0.3, 0.4) is 0 Å². The predicted octanol–water partition coefficient (Wildman–Crippen LogP) is 3.22. The van der Waals surface area contributed by atoms with Crippen LogP contribution in [0.25, 0.3) is 0 Å². The fourth-order valence-electron chi connectivity index (χ4n) is 3.96. The van der Waals surface area contributed by atoms with E-state index in [1.54, 1.807) is 0 Å². The highest BCUT2D eigenvalue weighted by Crippen LogP contribution is 2.35. The summed E-state index contributed by atoms with van der Waals surface area (Å²) in [7, 11) is 0. The molecule has 2 N–H and O–H groups in total. The van der Waals surface area contributed by atoms with Crippen molar-refractivity contribution in [2.24, 2.45) is 5.10 Å². The summed E-state index contributed by atoms with van der Waals surface area (Å²) in [5.41, 5.74) is 2.32. The predicted molar refractivity (Wildman–Crippen MR) is 114 cm³/mol. The third kappa shape index (κ3) is 4.72. The second-order valence-electron chi connectivity index (χ2n) is 7.77. The number of likely N-dealkylation sites (tertiary alicyclic amines) is 1. The Kier molecular flexibility index (Phi) is 6.36. The van der Waals surface area contributed by atoms with Crippen LogP contribution >= 0.6 is 23.2 Å². The number of carbonyl (C=O) groups is 2. The quantitative estimate of drug-likeness (QED) is 0.675. The molecule has 0 radical (unpaired) electrons. The van der Waals surface area contributed by atoms with Crippen LogP contribution in [0.1, 0.15) is 35.9 Å². The van der Waals surface area contributed by atoms with Gasteiger partial charge in [0.15, 0.2) is 10.8 Å². The van der Waals surface area contributed by atoms with Gasteiger partial charge in [0.25, 0.3) is 5.91 Å². The standard InChI is InChI=1S/C20H20Cl2FN5O4/c1-11(24-18(29)15-9-16(22)27-32-15)10-28-6-4-20(5-7-28)17(25-26-19(30)31-20)13-3-2-12(23)8-14(13)21/h2-3,8-9,11H,4-7,10H2,1H3,(H,24,29)(H,26,30)/t11-/m0/s1. The lowest BCUT2D eigenvalue weighted by Crippen LogP contribution is -2.57. The van der Waals surface area contributed by atoms with Crippen molar-refractivity contribution in [2.75, 3.05) is 19.6 Å². The number of nitrogens with one attached hydrogen (secondary N) is 2. The molecule has 0 unspecified atom stereocenters. The van der Waals surface area contributed by atoms with E-state index in [0.717, 1.165) is 0 Å². The van der Waals surface area contributed by atoms with E-state index in [4.69, 9.17) is 32.5 Å². The Bertz CT molecular complexity index is 1070. The van der Waals surface area contributed by atoms with Gasteiger partial charge in [-0.3, -0.25) is 4.79 Å². The van der Waals surface area contributed by atoms with Crippen molar-refractivity contribution in [2.45, 2.75) is 31.4 Å². The normalized spacial score (nSPS) is 19.1. The number of halogens is 3. The van der Waals surface area contributed by atoms with Crippen LogP contribution in [-0.2, 0) is 4.74 Å². The van der Waals surface area contributed by atoms with Gasteiger partial charge in [0, 0.05) is 50.1 Å². The molecule has 3 heterocycles. The lowest BCUT2D eigenvalue weighted by atomic mass is 9.82. The lowest BCUT2D eigenvalue weighted by molar-refractivity contribution is 0.00485. The highest BCUT2D eigenvalue weighted by atomic mass is 35.5. The van der Waals surface area contributed by atoms with Gasteiger partial charge >= 0.3 is 6.09 Å². The first-order chi connectivity index (χ1) is 15.3. The summed E-state index contributed by atoms with van der Waals surface area (Å²) in [6.45, 7) is 3.61. The number of ether oxygens (including phenoxy) is 1. The first kappa shape index (κ1) is 22.5. The third-order valence-electron chi connectivity index (χ3n) is 5.44. The molecule has 1 spiro atoms. The van der Waals surface area contributed by atoms with Crippen molar-refractivity contribution in [3.05, 3.63) is 51.6 Å². The van der Waals surface area contributed by atoms with Gasteiger partial charge in [0.1, 0.15) is 11.5 Å². The first-order valence-corrected chi connectivity index (χ1v) is 10.7. The van der Waals surface area contributed by atoms with Crippen molar-refractivity contribution in [3.63, 3.8) is 0 Å². The van der Waals surface area contributed by atoms with Gasteiger partial charge in [-0.25, -0.2) is 14.6 Å².